The molecule has 3 aromatic rings. The topological polar surface area (TPSA) is 107 Å². The highest BCUT2D eigenvalue weighted by Crippen LogP contribution is 2.41. The van der Waals surface area contributed by atoms with Crippen LogP contribution in [0, 0.1) is 5.92 Å². The summed E-state index contributed by atoms with van der Waals surface area (Å²) in [5.74, 6) is 0.905. The van der Waals surface area contributed by atoms with Crippen molar-refractivity contribution in [3.63, 3.8) is 0 Å². The Labute approximate surface area is 165 Å². The van der Waals surface area contributed by atoms with Crippen molar-refractivity contribution in [2.45, 2.75) is 38.0 Å². The summed E-state index contributed by atoms with van der Waals surface area (Å²) in [6, 6.07) is 9.68. The fourth-order valence-corrected chi connectivity index (χ4v) is 5.11. The largest absolute Gasteiger partial charge is 0.374 e. The highest BCUT2D eigenvalue weighted by molar-refractivity contribution is 7.15. The Hall–Kier alpha value is -2.39. The normalized spacial score (nSPS) is 19.3. The van der Waals surface area contributed by atoms with Gasteiger partial charge in [-0.1, -0.05) is 53.0 Å². The van der Waals surface area contributed by atoms with E-state index in [4.69, 9.17) is 5.73 Å². The van der Waals surface area contributed by atoms with E-state index in [1.54, 1.807) is 0 Å². The van der Waals surface area contributed by atoms with Crippen molar-refractivity contribution in [3.8, 4) is 0 Å². The molecule has 0 aliphatic heterocycles. The first-order chi connectivity index (χ1) is 13.2. The van der Waals surface area contributed by atoms with Crippen molar-refractivity contribution in [2.75, 3.05) is 11.1 Å². The molecule has 0 bridgehead atoms. The summed E-state index contributed by atoms with van der Waals surface area (Å²) in [5, 5.41) is 22.4. The standard InChI is InChI=1S/C18H20N6OS2/c19-17-23-21-15(26-17)10-12-6-7-13(8-12)16-22-24-18(27-16)20-14(25)9-11-4-2-1-3-5-11/h1-5,12-13H,6-10H2,(H2,19,23)(H,20,24,25)/t12-,13+/m0/s1. The van der Waals surface area contributed by atoms with Gasteiger partial charge in [0.15, 0.2) is 0 Å². The van der Waals surface area contributed by atoms with Crippen LogP contribution in [0.5, 0.6) is 0 Å². The van der Waals surface area contributed by atoms with Crippen LogP contribution < -0.4 is 11.1 Å². The third kappa shape index (κ3) is 4.67. The maximum Gasteiger partial charge on any atom is 0.230 e. The Balaban J connectivity index is 1.31. The van der Waals surface area contributed by atoms with Gasteiger partial charge in [0.05, 0.1) is 6.42 Å². The molecule has 3 N–H and O–H groups in total. The number of anilines is 2. The Bertz CT molecular complexity index is 909. The number of aromatic nitrogens is 4. The average molecular weight is 401 g/mol. The summed E-state index contributed by atoms with van der Waals surface area (Å²) in [4.78, 5) is 12.2. The summed E-state index contributed by atoms with van der Waals surface area (Å²) in [6.07, 6.45) is 4.55. The number of carbonyl (C=O) groups excluding carboxylic acids is 1. The number of rotatable bonds is 6. The van der Waals surface area contributed by atoms with E-state index in [-0.39, 0.29) is 5.91 Å². The molecule has 0 spiro atoms. The van der Waals surface area contributed by atoms with Crippen LogP contribution in [0.4, 0.5) is 10.3 Å². The zero-order valence-electron chi connectivity index (χ0n) is 14.7. The summed E-state index contributed by atoms with van der Waals surface area (Å²) < 4.78 is 0. The van der Waals surface area contributed by atoms with Crippen LogP contribution in [0.15, 0.2) is 30.3 Å². The first kappa shape index (κ1) is 18.0. The van der Waals surface area contributed by atoms with Crippen LogP contribution in [0.3, 0.4) is 0 Å². The van der Waals surface area contributed by atoms with Crippen molar-refractivity contribution in [3.05, 3.63) is 45.9 Å². The SMILES string of the molecule is Nc1nnc(C[C@H]2CC[C@@H](c3nnc(NC(=O)Cc4ccccc4)s3)C2)s1. The zero-order chi connectivity index (χ0) is 18.6. The minimum atomic E-state index is -0.0675. The molecule has 140 valence electrons. The van der Waals surface area contributed by atoms with Crippen molar-refractivity contribution in [2.24, 2.45) is 5.92 Å². The molecule has 7 nitrogen and oxygen atoms in total. The van der Waals surface area contributed by atoms with Gasteiger partial charge in [0.2, 0.25) is 16.2 Å². The number of nitrogens with zero attached hydrogens (tertiary/aromatic N) is 4. The lowest BCUT2D eigenvalue weighted by Gasteiger charge is -2.06. The van der Waals surface area contributed by atoms with E-state index in [9.17, 15) is 4.79 Å². The minimum Gasteiger partial charge on any atom is -0.374 e. The third-order valence-corrected chi connectivity index (χ3v) is 6.51. The second kappa shape index (κ2) is 8.10. The lowest BCUT2D eigenvalue weighted by atomic mass is 10.0. The van der Waals surface area contributed by atoms with E-state index in [1.165, 1.54) is 22.7 Å². The van der Waals surface area contributed by atoms with Crippen LogP contribution in [-0.2, 0) is 17.6 Å². The van der Waals surface area contributed by atoms with Gasteiger partial charge < -0.3 is 11.1 Å². The van der Waals surface area contributed by atoms with E-state index in [2.05, 4.69) is 25.7 Å². The fraction of sp³-hybridized carbons (Fsp3) is 0.389. The van der Waals surface area contributed by atoms with Gasteiger partial charge in [-0.25, -0.2) is 0 Å². The maximum atomic E-state index is 12.2. The molecule has 4 rings (SSSR count). The number of nitrogen functional groups attached to an aromatic ring is 1. The van der Waals surface area contributed by atoms with Crippen molar-refractivity contribution >= 4 is 38.8 Å². The zero-order valence-corrected chi connectivity index (χ0v) is 16.3. The number of hydrogen-bond donors (Lipinski definition) is 2. The summed E-state index contributed by atoms with van der Waals surface area (Å²) >= 11 is 2.95. The number of nitrogens with one attached hydrogen (secondary N) is 1. The molecule has 1 amide bonds. The quantitative estimate of drug-likeness (QED) is 0.658. The second-order valence-corrected chi connectivity index (χ2v) is 8.87. The maximum absolute atomic E-state index is 12.2. The molecule has 1 fully saturated rings. The van der Waals surface area contributed by atoms with Crippen molar-refractivity contribution in [1.82, 2.24) is 20.4 Å². The number of carbonyl (C=O) groups is 1. The van der Waals surface area contributed by atoms with E-state index in [0.29, 0.717) is 28.5 Å². The average Bonchev–Trinajstić information content (AvgIpc) is 3.38. The second-order valence-electron chi connectivity index (χ2n) is 6.77. The Morgan fingerprint density at radius 2 is 1.96 bits per heavy atom. The Kier molecular flexibility index (Phi) is 5.40. The van der Waals surface area contributed by atoms with Gasteiger partial charge in [-0.05, 0) is 30.7 Å². The van der Waals surface area contributed by atoms with Gasteiger partial charge >= 0.3 is 0 Å². The van der Waals surface area contributed by atoms with Gasteiger partial charge in [-0.3, -0.25) is 4.79 Å². The molecule has 2 heterocycles. The van der Waals surface area contributed by atoms with Crippen molar-refractivity contribution < 1.29 is 4.79 Å². The Morgan fingerprint density at radius 1 is 1.11 bits per heavy atom. The van der Waals surface area contributed by atoms with Gasteiger partial charge in [0.1, 0.15) is 10.0 Å². The summed E-state index contributed by atoms with van der Waals surface area (Å²) in [6.45, 7) is 0. The molecule has 1 saturated carbocycles. The molecule has 27 heavy (non-hydrogen) atoms. The predicted molar refractivity (Wildman–Crippen MR) is 107 cm³/mol. The highest BCUT2D eigenvalue weighted by atomic mass is 32.1. The molecule has 0 radical (unpaired) electrons. The molecule has 2 aromatic heterocycles. The predicted octanol–water partition coefficient (Wildman–Crippen LogP) is 3.28. The van der Waals surface area contributed by atoms with Gasteiger partial charge in [-0.2, -0.15) is 0 Å². The van der Waals surface area contributed by atoms with Crippen LogP contribution in [0.2, 0.25) is 0 Å². The van der Waals surface area contributed by atoms with Crippen LogP contribution in [0.1, 0.15) is 40.8 Å². The monoisotopic (exact) mass is 400 g/mol. The van der Waals surface area contributed by atoms with Crippen molar-refractivity contribution in [1.29, 1.82) is 0 Å². The molecule has 1 aromatic carbocycles. The first-order valence-corrected chi connectivity index (χ1v) is 10.5. The minimum absolute atomic E-state index is 0.0675. The molecule has 1 aliphatic carbocycles. The molecule has 2 atom stereocenters. The summed E-state index contributed by atoms with van der Waals surface area (Å²) in [7, 11) is 0. The van der Waals surface area contributed by atoms with Crippen LogP contribution >= 0.6 is 22.7 Å². The van der Waals surface area contributed by atoms with E-state index in [1.807, 2.05) is 30.3 Å². The molecular weight excluding hydrogens is 380 g/mol. The number of hydrogen-bond acceptors (Lipinski definition) is 8. The smallest absolute Gasteiger partial charge is 0.230 e. The summed E-state index contributed by atoms with van der Waals surface area (Å²) in [5.41, 5.74) is 6.64. The first-order valence-electron chi connectivity index (χ1n) is 8.90. The van der Waals surface area contributed by atoms with E-state index >= 15 is 0 Å². The molecule has 0 saturated heterocycles. The molecule has 9 heteroatoms. The molecule has 0 unspecified atom stereocenters. The van der Waals surface area contributed by atoms with Crippen LogP contribution in [0.25, 0.3) is 0 Å². The van der Waals surface area contributed by atoms with Crippen LogP contribution in [-0.4, -0.2) is 26.3 Å². The van der Waals surface area contributed by atoms with E-state index < -0.39 is 0 Å². The Morgan fingerprint density at radius 3 is 2.74 bits per heavy atom. The third-order valence-electron chi connectivity index (χ3n) is 4.73. The number of nitrogens with two attached hydrogens (primary N) is 1. The van der Waals surface area contributed by atoms with E-state index in [0.717, 1.165) is 41.3 Å². The molecule has 1 aliphatic rings. The van der Waals surface area contributed by atoms with Gasteiger partial charge in [-0.15, -0.1) is 20.4 Å². The number of benzene rings is 1. The molecular formula is C18H20N6OS2. The van der Waals surface area contributed by atoms with Gasteiger partial charge in [0.25, 0.3) is 0 Å². The lowest BCUT2D eigenvalue weighted by Crippen LogP contribution is -2.14. The number of amides is 1. The highest BCUT2D eigenvalue weighted by Gasteiger charge is 2.29. The lowest BCUT2D eigenvalue weighted by molar-refractivity contribution is -0.115. The fourth-order valence-electron chi connectivity index (χ4n) is 3.48. The van der Waals surface area contributed by atoms with Gasteiger partial charge in [0, 0.05) is 12.3 Å².